The summed E-state index contributed by atoms with van der Waals surface area (Å²) in [5, 5.41) is 2.65. The van der Waals surface area contributed by atoms with Crippen molar-refractivity contribution in [2.75, 3.05) is 24.8 Å². The van der Waals surface area contributed by atoms with E-state index < -0.39 is 6.09 Å². The molecule has 0 spiro atoms. The van der Waals surface area contributed by atoms with Gasteiger partial charge in [0.05, 0.1) is 23.7 Å². The van der Waals surface area contributed by atoms with Crippen molar-refractivity contribution < 1.29 is 23.9 Å². The standard InChI is InChI=1S/C23H29N3O5S2/c1-29-22(28)25-17-12-16(14-24-15-17)18-7-8-19(33-18)23(9-3-5-11-32-23)13-20(27)26-31-21-6-2-4-10-30-21/h7-8,12,14-15,21H,2-6,9-11,13H2,1H3,(H,25,28)(H,26,27)/t21?,23-/m0/s1. The Bertz CT molecular complexity index is 955. The third kappa shape index (κ3) is 6.26. The summed E-state index contributed by atoms with van der Waals surface area (Å²) in [5.74, 6) is 0.896. The van der Waals surface area contributed by atoms with Gasteiger partial charge in [-0.05, 0) is 49.6 Å². The highest BCUT2D eigenvalue weighted by Gasteiger charge is 2.38. The predicted molar refractivity (Wildman–Crippen MR) is 129 cm³/mol. The molecule has 33 heavy (non-hydrogen) atoms. The molecule has 2 aromatic rings. The molecule has 2 fully saturated rings. The van der Waals surface area contributed by atoms with Crippen molar-refractivity contribution in [1.29, 1.82) is 0 Å². The molecule has 1 unspecified atom stereocenters. The topological polar surface area (TPSA) is 98.8 Å². The second kappa shape index (κ2) is 11.3. The minimum atomic E-state index is -0.537. The lowest BCUT2D eigenvalue weighted by atomic mass is 9.94. The molecule has 178 valence electrons. The number of amides is 2. The second-order valence-corrected chi connectivity index (χ2v) is 10.7. The maximum Gasteiger partial charge on any atom is 0.411 e. The number of pyridine rings is 1. The summed E-state index contributed by atoms with van der Waals surface area (Å²) in [5.41, 5.74) is 4.10. The molecule has 0 aromatic carbocycles. The average molecular weight is 492 g/mol. The van der Waals surface area contributed by atoms with E-state index in [9.17, 15) is 9.59 Å². The fourth-order valence-electron chi connectivity index (χ4n) is 4.05. The van der Waals surface area contributed by atoms with Gasteiger partial charge in [0, 0.05) is 41.0 Å². The summed E-state index contributed by atoms with van der Waals surface area (Å²) >= 11 is 3.51. The summed E-state index contributed by atoms with van der Waals surface area (Å²) in [6, 6.07) is 6.03. The normalized spacial score (nSPS) is 23.0. The van der Waals surface area contributed by atoms with Crippen LogP contribution < -0.4 is 10.8 Å². The number of anilines is 1. The average Bonchev–Trinajstić information content (AvgIpc) is 3.35. The highest BCUT2D eigenvalue weighted by Crippen LogP contribution is 2.50. The first-order valence-corrected chi connectivity index (χ1v) is 13.0. The van der Waals surface area contributed by atoms with Crippen LogP contribution in [-0.4, -0.2) is 42.7 Å². The Balaban J connectivity index is 1.47. The fraction of sp³-hybridized carbons (Fsp3) is 0.522. The van der Waals surface area contributed by atoms with Crippen LogP contribution in [0.3, 0.4) is 0 Å². The molecular formula is C23H29N3O5S2. The molecule has 2 amide bonds. The fourth-order valence-corrected chi connectivity index (χ4v) is 6.93. The summed E-state index contributed by atoms with van der Waals surface area (Å²) < 4.78 is 9.92. The van der Waals surface area contributed by atoms with Crippen LogP contribution in [0.2, 0.25) is 0 Å². The third-order valence-corrected chi connectivity index (χ3v) is 8.83. The SMILES string of the molecule is COC(=O)Nc1cncc(-c2ccc([C@@]3(CC(=O)NOC4CCCCO4)CCCCS3)s2)c1. The molecule has 10 heteroatoms. The predicted octanol–water partition coefficient (Wildman–Crippen LogP) is 5.07. The zero-order chi connectivity index (χ0) is 23.1. The first kappa shape index (κ1) is 24.0. The Morgan fingerprint density at radius 3 is 2.91 bits per heavy atom. The molecule has 0 saturated carbocycles. The highest BCUT2D eigenvalue weighted by molar-refractivity contribution is 8.00. The number of hydrogen-bond acceptors (Lipinski definition) is 8. The Kier molecular flexibility index (Phi) is 8.24. The number of nitrogens with one attached hydrogen (secondary N) is 2. The van der Waals surface area contributed by atoms with Gasteiger partial charge in [0.15, 0.2) is 6.29 Å². The Morgan fingerprint density at radius 2 is 2.15 bits per heavy atom. The largest absolute Gasteiger partial charge is 0.453 e. The van der Waals surface area contributed by atoms with Crippen molar-refractivity contribution in [2.24, 2.45) is 0 Å². The van der Waals surface area contributed by atoms with Crippen LogP contribution in [0, 0.1) is 0 Å². The first-order chi connectivity index (χ1) is 16.1. The first-order valence-electron chi connectivity index (χ1n) is 11.2. The van der Waals surface area contributed by atoms with E-state index in [-0.39, 0.29) is 16.9 Å². The van der Waals surface area contributed by atoms with Crippen molar-refractivity contribution in [2.45, 2.75) is 56.0 Å². The summed E-state index contributed by atoms with van der Waals surface area (Å²) in [7, 11) is 1.32. The van der Waals surface area contributed by atoms with Crippen molar-refractivity contribution in [3.05, 3.63) is 35.5 Å². The lowest BCUT2D eigenvalue weighted by Crippen LogP contribution is -2.37. The molecule has 2 N–H and O–H groups in total. The van der Waals surface area contributed by atoms with Crippen molar-refractivity contribution >= 4 is 40.8 Å². The summed E-state index contributed by atoms with van der Waals surface area (Å²) in [6.07, 6.45) is 8.86. The molecule has 4 rings (SSSR count). The number of hydrogen-bond donors (Lipinski definition) is 2. The molecule has 2 aliphatic heterocycles. The van der Waals surface area contributed by atoms with Crippen molar-refractivity contribution in [3.63, 3.8) is 0 Å². The van der Waals surface area contributed by atoms with Gasteiger partial charge in [0.25, 0.3) is 0 Å². The third-order valence-electron chi connectivity index (χ3n) is 5.75. The van der Waals surface area contributed by atoms with Gasteiger partial charge < -0.3 is 9.47 Å². The molecule has 0 bridgehead atoms. The van der Waals surface area contributed by atoms with Gasteiger partial charge in [-0.2, -0.15) is 0 Å². The van der Waals surface area contributed by atoms with E-state index in [1.165, 1.54) is 7.11 Å². The molecular weight excluding hydrogens is 462 g/mol. The van der Waals surface area contributed by atoms with Crippen LogP contribution in [0.1, 0.15) is 49.8 Å². The molecule has 2 saturated heterocycles. The molecule has 0 aliphatic carbocycles. The molecule has 0 radical (unpaired) electrons. The van der Waals surface area contributed by atoms with Gasteiger partial charge in [0.1, 0.15) is 0 Å². The Labute approximate surface area is 201 Å². The number of carbonyl (C=O) groups is 2. The number of thioether (sulfide) groups is 1. The monoisotopic (exact) mass is 491 g/mol. The van der Waals surface area contributed by atoms with Crippen LogP contribution in [0.4, 0.5) is 10.5 Å². The van der Waals surface area contributed by atoms with Crippen LogP contribution in [0.5, 0.6) is 0 Å². The lowest BCUT2D eigenvalue weighted by molar-refractivity contribution is -0.200. The van der Waals surface area contributed by atoms with Gasteiger partial charge in [-0.25, -0.2) is 15.1 Å². The van der Waals surface area contributed by atoms with Gasteiger partial charge >= 0.3 is 6.09 Å². The van der Waals surface area contributed by atoms with E-state index >= 15 is 0 Å². The lowest BCUT2D eigenvalue weighted by Gasteiger charge is -2.35. The Hall–Kier alpha value is -2.14. The van der Waals surface area contributed by atoms with E-state index in [0.717, 1.165) is 59.6 Å². The molecule has 8 nitrogen and oxygen atoms in total. The van der Waals surface area contributed by atoms with Crippen LogP contribution >= 0.6 is 23.1 Å². The van der Waals surface area contributed by atoms with Crippen molar-refractivity contribution in [3.8, 4) is 10.4 Å². The summed E-state index contributed by atoms with van der Waals surface area (Å²) in [4.78, 5) is 36.3. The smallest absolute Gasteiger partial charge is 0.411 e. The molecule has 2 aliphatic rings. The number of ether oxygens (including phenoxy) is 2. The van der Waals surface area contributed by atoms with E-state index in [2.05, 4.69) is 32.7 Å². The van der Waals surface area contributed by atoms with Gasteiger partial charge in [0.2, 0.25) is 5.91 Å². The minimum Gasteiger partial charge on any atom is -0.453 e. The number of hydroxylamine groups is 1. The van der Waals surface area contributed by atoms with E-state index in [4.69, 9.17) is 9.57 Å². The number of methoxy groups -OCH3 is 1. The van der Waals surface area contributed by atoms with E-state index in [1.54, 1.807) is 23.7 Å². The Morgan fingerprint density at radius 1 is 1.24 bits per heavy atom. The van der Waals surface area contributed by atoms with Crippen LogP contribution in [-0.2, 0) is 23.9 Å². The number of rotatable bonds is 7. The van der Waals surface area contributed by atoms with Crippen molar-refractivity contribution in [1.82, 2.24) is 10.5 Å². The van der Waals surface area contributed by atoms with Gasteiger partial charge in [-0.1, -0.05) is 6.42 Å². The van der Waals surface area contributed by atoms with Gasteiger partial charge in [-0.15, -0.1) is 23.1 Å². The number of nitrogens with zero attached hydrogens (tertiary/aromatic N) is 1. The number of aromatic nitrogens is 1. The minimum absolute atomic E-state index is 0.125. The van der Waals surface area contributed by atoms with Crippen LogP contribution in [0.15, 0.2) is 30.6 Å². The zero-order valence-electron chi connectivity index (χ0n) is 18.6. The van der Waals surface area contributed by atoms with Gasteiger partial charge in [-0.3, -0.25) is 15.1 Å². The number of carbonyl (C=O) groups excluding carboxylic acids is 2. The van der Waals surface area contributed by atoms with Crippen LogP contribution in [0.25, 0.3) is 10.4 Å². The highest BCUT2D eigenvalue weighted by atomic mass is 32.2. The maximum atomic E-state index is 12.8. The second-order valence-electron chi connectivity index (χ2n) is 8.16. The maximum absolute atomic E-state index is 12.8. The number of thiophene rings is 1. The molecule has 2 atom stereocenters. The quantitative estimate of drug-likeness (QED) is 0.522. The summed E-state index contributed by atoms with van der Waals surface area (Å²) in [6.45, 7) is 0.670. The van der Waals surface area contributed by atoms with E-state index in [1.807, 2.05) is 17.8 Å². The zero-order valence-corrected chi connectivity index (χ0v) is 20.3. The molecule has 4 heterocycles. The van der Waals surface area contributed by atoms with E-state index in [0.29, 0.717) is 18.7 Å². The molecule has 2 aromatic heterocycles.